The number of rotatable bonds is 2. The smallest absolute Gasteiger partial charge is 0.127 e. The molecule has 0 aliphatic carbocycles. The number of halogens is 1. The molecule has 0 amide bonds. The van der Waals surface area contributed by atoms with Gasteiger partial charge in [-0.25, -0.2) is 4.39 Å². The Morgan fingerprint density at radius 3 is 2.88 bits per heavy atom. The highest BCUT2D eigenvalue weighted by Gasteiger charge is 2.23. The van der Waals surface area contributed by atoms with Crippen LogP contribution in [0.1, 0.15) is 18.9 Å². The van der Waals surface area contributed by atoms with Gasteiger partial charge in [0.1, 0.15) is 5.82 Å². The third-order valence-electron chi connectivity index (χ3n) is 3.41. The maximum Gasteiger partial charge on any atom is 0.127 e. The monoisotopic (exact) mass is 222 g/mol. The van der Waals surface area contributed by atoms with E-state index in [4.69, 9.17) is 5.73 Å². The number of nitrogens with two attached hydrogens (primary N) is 1. The van der Waals surface area contributed by atoms with Crippen LogP contribution in [0.4, 0.5) is 4.39 Å². The average molecular weight is 222 g/mol. The Kier molecular flexibility index (Phi) is 3.56. The molecule has 88 valence electrons. The van der Waals surface area contributed by atoms with E-state index in [0.29, 0.717) is 18.5 Å². The molecule has 0 aromatic heterocycles. The van der Waals surface area contributed by atoms with Gasteiger partial charge < -0.3 is 5.73 Å². The van der Waals surface area contributed by atoms with E-state index >= 15 is 0 Å². The lowest BCUT2D eigenvalue weighted by Gasteiger charge is -2.35. The molecule has 1 fully saturated rings. The molecule has 0 saturated carbocycles. The third-order valence-corrected chi connectivity index (χ3v) is 3.41. The van der Waals surface area contributed by atoms with Crippen LogP contribution in [-0.4, -0.2) is 24.0 Å². The van der Waals surface area contributed by atoms with Crippen molar-refractivity contribution >= 4 is 0 Å². The summed E-state index contributed by atoms with van der Waals surface area (Å²) in [6.45, 7) is 4.80. The number of piperidine rings is 1. The van der Waals surface area contributed by atoms with Crippen molar-refractivity contribution in [1.82, 2.24) is 4.90 Å². The second-order valence-corrected chi connectivity index (χ2v) is 4.76. The van der Waals surface area contributed by atoms with Gasteiger partial charge >= 0.3 is 0 Å². The minimum atomic E-state index is -0.106. The summed E-state index contributed by atoms with van der Waals surface area (Å²) in [7, 11) is 0. The topological polar surface area (TPSA) is 29.3 Å². The third kappa shape index (κ3) is 2.60. The summed E-state index contributed by atoms with van der Waals surface area (Å²) in [5.74, 6) is 0.394. The van der Waals surface area contributed by atoms with Crippen LogP contribution in [0, 0.1) is 11.7 Å². The maximum atomic E-state index is 13.5. The van der Waals surface area contributed by atoms with Crippen molar-refractivity contribution in [3.8, 4) is 0 Å². The molecule has 2 nitrogen and oxygen atoms in total. The van der Waals surface area contributed by atoms with Crippen molar-refractivity contribution in [2.75, 3.05) is 13.1 Å². The lowest BCUT2D eigenvalue weighted by atomic mass is 9.94. The number of likely N-dealkylation sites (tertiary alicyclic amines) is 1. The van der Waals surface area contributed by atoms with Crippen LogP contribution in [-0.2, 0) is 6.54 Å². The molecule has 1 aromatic rings. The predicted octanol–water partition coefficient (Wildman–Crippen LogP) is 1.99. The number of benzene rings is 1. The second-order valence-electron chi connectivity index (χ2n) is 4.76. The molecular formula is C13H19FN2. The fraction of sp³-hybridized carbons (Fsp3) is 0.538. The highest BCUT2D eigenvalue weighted by Crippen LogP contribution is 2.18. The van der Waals surface area contributed by atoms with E-state index in [1.807, 2.05) is 12.1 Å². The van der Waals surface area contributed by atoms with Gasteiger partial charge in [-0.05, 0) is 24.9 Å². The van der Waals surface area contributed by atoms with Gasteiger partial charge in [-0.2, -0.15) is 0 Å². The molecule has 1 aromatic carbocycles. The fourth-order valence-electron chi connectivity index (χ4n) is 2.26. The van der Waals surface area contributed by atoms with Gasteiger partial charge in [0.2, 0.25) is 0 Å². The SMILES string of the molecule is CC1CN(Cc2ccccc2F)CCC1N. The van der Waals surface area contributed by atoms with Crippen LogP contribution in [0.15, 0.2) is 24.3 Å². The molecule has 2 rings (SSSR count). The van der Waals surface area contributed by atoms with Gasteiger partial charge in [0, 0.05) is 24.7 Å². The molecule has 1 heterocycles. The summed E-state index contributed by atoms with van der Waals surface area (Å²) in [6, 6.07) is 7.30. The van der Waals surface area contributed by atoms with E-state index in [-0.39, 0.29) is 5.82 Å². The van der Waals surface area contributed by atoms with Gasteiger partial charge in [0.15, 0.2) is 0 Å². The zero-order valence-corrected chi connectivity index (χ0v) is 9.70. The van der Waals surface area contributed by atoms with E-state index < -0.39 is 0 Å². The first kappa shape index (κ1) is 11.6. The summed E-state index contributed by atoms with van der Waals surface area (Å²) < 4.78 is 13.5. The van der Waals surface area contributed by atoms with Gasteiger partial charge in [0.25, 0.3) is 0 Å². The lowest BCUT2D eigenvalue weighted by Crippen LogP contribution is -2.45. The van der Waals surface area contributed by atoms with Crippen molar-refractivity contribution < 1.29 is 4.39 Å². The molecule has 16 heavy (non-hydrogen) atoms. The summed E-state index contributed by atoms with van der Waals surface area (Å²) in [6.07, 6.45) is 1.01. The Hall–Kier alpha value is -0.930. The van der Waals surface area contributed by atoms with Gasteiger partial charge in [-0.3, -0.25) is 4.90 Å². The van der Waals surface area contributed by atoms with Gasteiger partial charge in [-0.15, -0.1) is 0 Å². The summed E-state index contributed by atoms with van der Waals surface area (Å²) >= 11 is 0. The summed E-state index contributed by atoms with van der Waals surface area (Å²) in [4.78, 5) is 2.28. The molecular weight excluding hydrogens is 203 g/mol. The Balaban J connectivity index is 1.98. The second kappa shape index (κ2) is 4.93. The van der Waals surface area contributed by atoms with Crippen LogP contribution in [0.5, 0.6) is 0 Å². The quantitative estimate of drug-likeness (QED) is 0.829. The predicted molar refractivity (Wildman–Crippen MR) is 63.4 cm³/mol. The van der Waals surface area contributed by atoms with E-state index in [0.717, 1.165) is 25.1 Å². The minimum absolute atomic E-state index is 0.106. The Morgan fingerprint density at radius 2 is 2.19 bits per heavy atom. The van der Waals surface area contributed by atoms with E-state index in [2.05, 4.69) is 11.8 Å². The zero-order chi connectivity index (χ0) is 11.5. The van der Waals surface area contributed by atoms with Crippen LogP contribution < -0.4 is 5.73 Å². The van der Waals surface area contributed by atoms with Crippen molar-refractivity contribution in [2.24, 2.45) is 11.7 Å². The molecule has 3 heteroatoms. The molecule has 1 aliphatic rings. The standard InChI is InChI=1S/C13H19FN2/c1-10-8-16(7-6-13(10)15)9-11-4-2-3-5-12(11)14/h2-5,10,13H,6-9,15H2,1H3. The largest absolute Gasteiger partial charge is 0.327 e. The van der Waals surface area contributed by atoms with E-state index in [1.54, 1.807) is 6.07 Å². The summed E-state index contributed by atoms with van der Waals surface area (Å²) in [5.41, 5.74) is 6.75. The lowest BCUT2D eigenvalue weighted by molar-refractivity contribution is 0.156. The molecule has 2 N–H and O–H groups in total. The first-order valence-corrected chi connectivity index (χ1v) is 5.88. The van der Waals surface area contributed by atoms with Gasteiger partial charge in [-0.1, -0.05) is 25.1 Å². The van der Waals surface area contributed by atoms with Crippen LogP contribution in [0.25, 0.3) is 0 Å². The highest BCUT2D eigenvalue weighted by molar-refractivity contribution is 5.17. The van der Waals surface area contributed by atoms with Crippen molar-refractivity contribution in [2.45, 2.75) is 25.9 Å². The van der Waals surface area contributed by atoms with Crippen molar-refractivity contribution in [3.05, 3.63) is 35.6 Å². The minimum Gasteiger partial charge on any atom is -0.327 e. The number of hydrogen-bond donors (Lipinski definition) is 1. The van der Waals surface area contributed by atoms with E-state index in [9.17, 15) is 4.39 Å². The average Bonchev–Trinajstić information content (AvgIpc) is 2.27. The first-order chi connectivity index (χ1) is 7.66. The maximum absolute atomic E-state index is 13.5. The molecule has 1 saturated heterocycles. The van der Waals surface area contributed by atoms with Crippen molar-refractivity contribution in [3.63, 3.8) is 0 Å². The first-order valence-electron chi connectivity index (χ1n) is 5.88. The molecule has 0 spiro atoms. The molecule has 0 bridgehead atoms. The van der Waals surface area contributed by atoms with Crippen LogP contribution in [0.3, 0.4) is 0 Å². The van der Waals surface area contributed by atoms with Crippen molar-refractivity contribution in [1.29, 1.82) is 0 Å². The Bertz CT molecular complexity index is 354. The molecule has 2 unspecified atom stereocenters. The Labute approximate surface area is 96.2 Å². The normalized spacial score (nSPS) is 26.9. The highest BCUT2D eigenvalue weighted by atomic mass is 19.1. The van der Waals surface area contributed by atoms with Gasteiger partial charge in [0.05, 0.1) is 0 Å². The summed E-state index contributed by atoms with van der Waals surface area (Å²) in [5, 5.41) is 0. The molecule has 2 atom stereocenters. The Morgan fingerprint density at radius 1 is 1.44 bits per heavy atom. The van der Waals surface area contributed by atoms with E-state index in [1.165, 1.54) is 6.07 Å². The fourth-order valence-corrected chi connectivity index (χ4v) is 2.26. The molecule has 0 radical (unpaired) electrons. The number of hydrogen-bond acceptors (Lipinski definition) is 2. The van der Waals surface area contributed by atoms with Crippen LogP contribution >= 0.6 is 0 Å². The number of nitrogens with zero attached hydrogens (tertiary/aromatic N) is 1. The van der Waals surface area contributed by atoms with Crippen LogP contribution in [0.2, 0.25) is 0 Å². The zero-order valence-electron chi connectivity index (χ0n) is 9.70. The molecule has 1 aliphatic heterocycles.